The number of hydrogen-bond acceptors (Lipinski definition) is 7. The van der Waals surface area contributed by atoms with Crippen molar-refractivity contribution in [2.45, 2.75) is 61.8 Å². The lowest BCUT2D eigenvalue weighted by Crippen LogP contribution is -2.39. The number of methoxy groups -OCH3 is 1. The van der Waals surface area contributed by atoms with E-state index in [-0.39, 0.29) is 12.4 Å². The zero-order valence-electron chi connectivity index (χ0n) is 31.3. The molecule has 1 heterocycles. The zero-order chi connectivity index (χ0) is 37.2. The van der Waals surface area contributed by atoms with E-state index in [0.29, 0.717) is 12.5 Å². The van der Waals surface area contributed by atoms with Gasteiger partial charge < -0.3 is 20.1 Å². The van der Waals surface area contributed by atoms with E-state index in [4.69, 9.17) is 15.2 Å². The van der Waals surface area contributed by atoms with Crippen LogP contribution in [0.3, 0.4) is 0 Å². The lowest BCUT2D eigenvalue weighted by molar-refractivity contribution is -0.141. The summed E-state index contributed by atoms with van der Waals surface area (Å²) in [5.41, 5.74) is 12.0. The highest BCUT2D eigenvalue weighted by Crippen LogP contribution is 2.45. The van der Waals surface area contributed by atoms with E-state index < -0.39 is 5.54 Å². The predicted octanol–water partition coefficient (Wildman–Crippen LogP) is 11.4. The number of anilines is 2. The fraction of sp³-hybridized carbons (Fsp3) is 0.311. The molecule has 0 bridgehead atoms. The minimum absolute atomic E-state index is 0.253. The lowest BCUT2D eigenvalue weighted by Gasteiger charge is -2.31. The van der Waals surface area contributed by atoms with Gasteiger partial charge in [0.25, 0.3) is 0 Å². The Bertz CT molecular complexity index is 1660. The molecular weight excluding hydrogens is 681 g/mol. The first-order chi connectivity index (χ1) is 25.4. The third kappa shape index (κ3) is 10.9. The number of carbonyl (C=O) groups excluding carboxylic acids is 1. The van der Waals surface area contributed by atoms with Gasteiger partial charge in [-0.1, -0.05) is 149 Å². The number of carbonyl (C=O) groups is 1. The van der Waals surface area contributed by atoms with Crippen LogP contribution in [0.5, 0.6) is 5.75 Å². The molecule has 0 amide bonds. The van der Waals surface area contributed by atoms with E-state index in [0.717, 1.165) is 46.1 Å². The van der Waals surface area contributed by atoms with Crippen molar-refractivity contribution >= 4 is 40.9 Å². The minimum Gasteiger partial charge on any atom is -0.492 e. The number of nitrogens with two attached hydrogens (primary N) is 1. The van der Waals surface area contributed by atoms with Crippen LogP contribution in [-0.4, -0.2) is 38.2 Å². The topological polar surface area (TPSA) is 64.8 Å². The first-order valence-electron chi connectivity index (χ1n) is 18.2. The third-order valence-corrected chi connectivity index (χ3v) is 11.1. The zero-order valence-corrected chi connectivity index (χ0v) is 32.9. The first-order valence-corrected chi connectivity index (χ1v) is 20.4. The Morgan fingerprint density at radius 3 is 1.75 bits per heavy atom. The van der Waals surface area contributed by atoms with Gasteiger partial charge in [-0.15, -0.1) is 23.5 Å². The number of hydrogen-bond donors (Lipinski definition) is 1. The molecule has 6 rings (SSSR count). The Labute approximate surface area is 320 Å². The van der Waals surface area contributed by atoms with Gasteiger partial charge >= 0.3 is 5.97 Å². The first kappa shape index (κ1) is 40.6. The van der Waals surface area contributed by atoms with Crippen molar-refractivity contribution in [2.75, 3.05) is 37.2 Å². The van der Waals surface area contributed by atoms with Crippen LogP contribution < -0.4 is 15.4 Å². The summed E-state index contributed by atoms with van der Waals surface area (Å²) in [6.45, 7) is 7.96. The van der Waals surface area contributed by atoms with Gasteiger partial charge in [-0.25, -0.2) is 0 Å². The number of nitrogens with zero attached hydrogens (tertiary/aromatic N) is 1. The lowest BCUT2D eigenvalue weighted by atomic mass is 9.78. The quantitative estimate of drug-likeness (QED) is 0.0823. The van der Waals surface area contributed by atoms with Crippen LogP contribution in [0.15, 0.2) is 143 Å². The molecule has 274 valence electrons. The van der Waals surface area contributed by atoms with Crippen LogP contribution in [-0.2, 0) is 15.1 Å². The number of ether oxygens (including phenoxy) is 2. The van der Waals surface area contributed by atoms with E-state index in [2.05, 4.69) is 111 Å². The smallest absolute Gasteiger partial charge is 0.308 e. The Balaban J connectivity index is 0.000000220. The molecule has 0 aliphatic carbocycles. The van der Waals surface area contributed by atoms with E-state index in [1.54, 1.807) is 11.8 Å². The molecule has 0 aromatic heterocycles. The summed E-state index contributed by atoms with van der Waals surface area (Å²) in [7, 11) is 1.40. The predicted molar refractivity (Wildman–Crippen MR) is 222 cm³/mol. The van der Waals surface area contributed by atoms with Crippen LogP contribution in [0, 0.1) is 5.92 Å². The minimum atomic E-state index is -0.621. The average molecular weight is 735 g/mol. The molecule has 1 aliphatic rings. The van der Waals surface area contributed by atoms with Gasteiger partial charge in [-0.2, -0.15) is 0 Å². The molecule has 5 aromatic carbocycles. The number of rotatable bonds is 11. The Morgan fingerprint density at radius 2 is 1.31 bits per heavy atom. The number of thioether (sulfide) groups is 2. The second-order valence-corrected chi connectivity index (χ2v) is 14.5. The van der Waals surface area contributed by atoms with Gasteiger partial charge in [-0.05, 0) is 53.1 Å². The summed E-state index contributed by atoms with van der Waals surface area (Å²) >= 11 is 3.56. The normalized spacial score (nSPS) is 13.7. The number of benzene rings is 5. The van der Waals surface area contributed by atoms with Gasteiger partial charge in [0.2, 0.25) is 0 Å². The Morgan fingerprint density at radius 1 is 0.808 bits per heavy atom. The van der Waals surface area contributed by atoms with Crippen LogP contribution in [0.4, 0.5) is 11.4 Å². The molecule has 5 aromatic rings. The summed E-state index contributed by atoms with van der Waals surface area (Å²) in [6, 6.07) is 45.7. The summed E-state index contributed by atoms with van der Waals surface area (Å²) in [6.07, 6.45) is 6.10. The third-order valence-electron chi connectivity index (χ3n) is 9.08. The highest BCUT2D eigenvalue weighted by Gasteiger charge is 2.31. The average Bonchev–Trinajstić information content (AvgIpc) is 3.40. The van der Waals surface area contributed by atoms with Crippen LogP contribution in [0.2, 0.25) is 0 Å². The van der Waals surface area contributed by atoms with Crippen molar-refractivity contribution in [3.63, 3.8) is 0 Å². The van der Waals surface area contributed by atoms with Gasteiger partial charge in [0.1, 0.15) is 5.75 Å². The van der Waals surface area contributed by atoms with E-state index >= 15 is 0 Å². The van der Waals surface area contributed by atoms with E-state index in [1.807, 2.05) is 66.4 Å². The number of unbranched alkanes of at least 4 members (excludes halogenated alkanes) is 1. The SMILES string of the molecule is CCC1CSc2cc(OCCC(=O)OC)c(SC)cc2N(c2ccccc2)C1.CCCC.NC(c1ccccc1)(c1ccccc1)c1ccccc1. The van der Waals surface area contributed by atoms with Crippen molar-refractivity contribution in [3.05, 3.63) is 150 Å². The second-order valence-electron chi connectivity index (χ2n) is 12.6. The maximum Gasteiger partial charge on any atom is 0.308 e. The molecule has 0 saturated carbocycles. The maximum atomic E-state index is 11.4. The van der Waals surface area contributed by atoms with Crippen LogP contribution >= 0.6 is 23.5 Å². The summed E-state index contributed by atoms with van der Waals surface area (Å²) in [5, 5.41) is 0. The summed E-state index contributed by atoms with van der Waals surface area (Å²) in [4.78, 5) is 16.1. The fourth-order valence-corrected chi connectivity index (χ4v) is 7.61. The highest BCUT2D eigenvalue weighted by molar-refractivity contribution is 7.99. The molecule has 7 heteroatoms. The van der Waals surface area contributed by atoms with Crippen molar-refractivity contribution in [3.8, 4) is 5.75 Å². The Kier molecular flexibility index (Phi) is 16.7. The molecule has 2 N–H and O–H groups in total. The van der Waals surface area contributed by atoms with Crippen molar-refractivity contribution < 1.29 is 14.3 Å². The highest BCUT2D eigenvalue weighted by atomic mass is 32.2. The molecule has 1 unspecified atom stereocenters. The van der Waals surface area contributed by atoms with E-state index in [1.165, 1.54) is 36.2 Å². The number of fused-ring (bicyclic) bond motifs is 1. The summed E-state index contributed by atoms with van der Waals surface area (Å²) in [5.74, 6) is 2.30. The van der Waals surface area contributed by atoms with Crippen molar-refractivity contribution in [2.24, 2.45) is 11.7 Å². The van der Waals surface area contributed by atoms with Crippen LogP contribution in [0.25, 0.3) is 0 Å². The molecule has 1 atom stereocenters. The molecule has 0 fully saturated rings. The molecule has 1 aliphatic heterocycles. The van der Waals surface area contributed by atoms with Gasteiger partial charge in [-0.3, -0.25) is 4.79 Å². The molecule has 0 spiro atoms. The van der Waals surface area contributed by atoms with Crippen LogP contribution in [0.1, 0.15) is 63.1 Å². The standard InChI is InChI=1S/C22H27NO3S2.C19H17N.C4H10/c1-4-16-14-23(17-8-6-5-7-9-17)18-12-21(27-3)19(13-20(18)28-15-16)26-11-10-22(24)25-2;20-19(16-10-4-1-5-11-16,17-12-6-2-7-13-17)18-14-8-3-9-15-18;1-3-4-2/h5-9,12-13,16H,4,10-11,14-15H2,1-3H3;1-15H,20H2;3-4H2,1-2H3. The van der Waals surface area contributed by atoms with Crippen molar-refractivity contribution in [1.82, 2.24) is 0 Å². The molecule has 5 nitrogen and oxygen atoms in total. The van der Waals surface area contributed by atoms with E-state index in [9.17, 15) is 4.79 Å². The second kappa shape index (κ2) is 21.4. The van der Waals surface area contributed by atoms with Crippen molar-refractivity contribution in [1.29, 1.82) is 0 Å². The fourth-order valence-electron chi connectivity index (χ4n) is 5.80. The summed E-state index contributed by atoms with van der Waals surface area (Å²) < 4.78 is 10.7. The van der Waals surface area contributed by atoms with Gasteiger partial charge in [0, 0.05) is 22.9 Å². The van der Waals surface area contributed by atoms with Gasteiger partial charge in [0.05, 0.1) is 36.3 Å². The number of para-hydroxylation sites is 1. The molecule has 0 saturated heterocycles. The maximum absolute atomic E-state index is 11.4. The molecule has 52 heavy (non-hydrogen) atoms. The monoisotopic (exact) mass is 734 g/mol. The largest absolute Gasteiger partial charge is 0.492 e. The number of esters is 1. The molecule has 0 radical (unpaired) electrons. The molecular formula is C45H54N2O3S2. The Hall–Kier alpha value is -4.17. The van der Waals surface area contributed by atoms with Gasteiger partial charge in [0.15, 0.2) is 0 Å².